The molecule has 0 spiro atoms. The minimum Gasteiger partial charge on any atom is -0.359 e. The summed E-state index contributed by atoms with van der Waals surface area (Å²) in [4.78, 5) is 29.1. The number of hydrogen-bond acceptors (Lipinski definition) is 7. The van der Waals surface area contributed by atoms with Crippen LogP contribution in [0.3, 0.4) is 0 Å². The second-order valence-corrected chi connectivity index (χ2v) is 9.19. The maximum atomic E-state index is 13.6. The lowest BCUT2D eigenvalue weighted by Gasteiger charge is -2.34. The Bertz CT molecular complexity index is 1420. The molecule has 4 aromatic rings. The van der Waals surface area contributed by atoms with E-state index in [4.69, 9.17) is 14.5 Å². The van der Waals surface area contributed by atoms with Gasteiger partial charge in [-0.1, -0.05) is 12.1 Å². The van der Waals surface area contributed by atoms with Crippen LogP contribution in [0.5, 0.6) is 0 Å². The molecule has 0 radical (unpaired) electrons. The summed E-state index contributed by atoms with van der Waals surface area (Å²) in [7, 11) is 1.57. The van der Waals surface area contributed by atoms with E-state index < -0.39 is 11.7 Å². The number of halogens is 2. The third kappa shape index (κ3) is 5.38. The topological polar surface area (TPSA) is 114 Å². The van der Waals surface area contributed by atoms with Crippen molar-refractivity contribution in [3.63, 3.8) is 0 Å². The Labute approximate surface area is 217 Å². The predicted molar refractivity (Wildman–Crippen MR) is 136 cm³/mol. The highest BCUT2D eigenvalue weighted by molar-refractivity contribution is 5.82. The number of nitrogens with one attached hydrogen (secondary N) is 3. The van der Waals surface area contributed by atoms with Crippen LogP contribution >= 0.6 is 0 Å². The Morgan fingerprint density at radius 1 is 1.03 bits per heavy atom. The standard InChI is InChI=1S/C27H26F2N6O3/c1-27(25(36)30-2)14-37-24(38-15-27)23-34-21(17-5-9-19(29)10-6-17)22(35-23)20-11-12-31-26(33-20)32-13-16-3-7-18(28)8-4-16/h3-12,24H,13-15H2,1-2H3,(H,30,36)(H,34,35)(H,31,32,33). The van der Waals surface area contributed by atoms with Crippen LogP contribution < -0.4 is 10.6 Å². The molecule has 3 heterocycles. The van der Waals surface area contributed by atoms with Crippen molar-refractivity contribution in [3.8, 4) is 22.6 Å². The molecule has 1 amide bonds. The highest BCUT2D eigenvalue weighted by Crippen LogP contribution is 2.35. The van der Waals surface area contributed by atoms with Gasteiger partial charge in [0, 0.05) is 25.4 Å². The largest absolute Gasteiger partial charge is 0.359 e. The molecule has 38 heavy (non-hydrogen) atoms. The first-order valence-electron chi connectivity index (χ1n) is 12.0. The van der Waals surface area contributed by atoms with Gasteiger partial charge < -0.3 is 25.1 Å². The summed E-state index contributed by atoms with van der Waals surface area (Å²) in [5, 5.41) is 5.77. The van der Waals surface area contributed by atoms with Gasteiger partial charge in [0.05, 0.1) is 35.7 Å². The molecule has 9 nitrogen and oxygen atoms in total. The van der Waals surface area contributed by atoms with Gasteiger partial charge >= 0.3 is 0 Å². The van der Waals surface area contributed by atoms with Gasteiger partial charge in [0.15, 0.2) is 5.82 Å². The smallest absolute Gasteiger partial charge is 0.230 e. The van der Waals surface area contributed by atoms with E-state index in [1.807, 2.05) is 0 Å². The number of amides is 1. The molecule has 196 valence electrons. The second kappa shape index (κ2) is 10.6. The number of aromatic amines is 1. The van der Waals surface area contributed by atoms with Crippen LogP contribution in [0, 0.1) is 17.0 Å². The molecule has 5 rings (SSSR count). The number of ether oxygens (including phenoxy) is 2. The van der Waals surface area contributed by atoms with Crippen molar-refractivity contribution in [2.75, 3.05) is 25.6 Å². The summed E-state index contributed by atoms with van der Waals surface area (Å²) >= 11 is 0. The first-order valence-corrected chi connectivity index (χ1v) is 12.0. The van der Waals surface area contributed by atoms with E-state index >= 15 is 0 Å². The highest BCUT2D eigenvalue weighted by Gasteiger charge is 2.40. The molecule has 3 N–H and O–H groups in total. The first kappa shape index (κ1) is 25.4. The zero-order valence-electron chi connectivity index (χ0n) is 20.8. The zero-order valence-corrected chi connectivity index (χ0v) is 20.8. The average Bonchev–Trinajstić information content (AvgIpc) is 3.39. The van der Waals surface area contributed by atoms with Crippen LogP contribution in [0.15, 0.2) is 60.8 Å². The van der Waals surface area contributed by atoms with E-state index in [0.29, 0.717) is 41.0 Å². The summed E-state index contributed by atoms with van der Waals surface area (Å²) in [6.45, 7) is 2.45. The molecular formula is C27H26F2N6O3. The maximum absolute atomic E-state index is 13.6. The summed E-state index contributed by atoms with van der Waals surface area (Å²) in [6, 6.07) is 13.8. The number of anilines is 1. The fourth-order valence-corrected chi connectivity index (χ4v) is 4.07. The number of aromatic nitrogens is 4. The van der Waals surface area contributed by atoms with Crippen LogP contribution in [0.2, 0.25) is 0 Å². The molecule has 0 unspecified atom stereocenters. The Hall–Kier alpha value is -4.22. The van der Waals surface area contributed by atoms with Gasteiger partial charge in [0.1, 0.15) is 11.6 Å². The summed E-state index contributed by atoms with van der Waals surface area (Å²) in [6.07, 6.45) is 0.769. The minimum atomic E-state index is -0.835. The molecule has 1 aliphatic rings. The van der Waals surface area contributed by atoms with E-state index in [2.05, 4.69) is 25.6 Å². The van der Waals surface area contributed by atoms with Gasteiger partial charge in [0.25, 0.3) is 0 Å². The van der Waals surface area contributed by atoms with E-state index in [1.54, 1.807) is 50.5 Å². The number of carbonyl (C=O) groups is 1. The lowest BCUT2D eigenvalue weighted by Crippen LogP contribution is -2.47. The quantitative estimate of drug-likeness (QED) is 0.334. The van der Waals surface area contributed by atoms with Gasteiger partial charge in [-0.05, 0) is 55.0 Å². The average molecular weight is 521 g/mol. The van der Waals surface area contributed by atoms with Crippen molar-refractivity contribution in [2.24, 2.45) is 5.41 Å². The number of imidazole rings is 1. The number of H-pyrrole nitrogens is 1. The van der Waals surface area contributed by atoms with E-state index in [9.17, 15) is 13.6 Å². The lowest BCUT2D eigenvalue weighted by atomic mass is 9.91. The molecule has 2 aromatic carbocycles. The molecule has 1 aliphatic heterocycles. The van der Waals surface area contributed by atoms with Crippen molar-refractivity contribution < 1.29 is 23.0 Å². The van der Waals surface area contributed by atoms with E-state index in [0.717, 1.165) is 5.56 Å². The van der Waals surface area contributed by atoms with Crippen molar-refractivity contribution in [2.45, 2.75) is 19.8 Å². The third-order valence-electron chi connectivity index (χ3n) is 6.22. The molecule has 0 bridgehead atoms. The number of rotatable bonds is 7. The van der Waals surface area contributed by atoms with Crippen molar-refractivity contribution in [3.05, 3.63) is 83.8 Å². The van der Waals surface area contributed by atoms with Gasteiger partial charge in [0.2, 0.25) is 18.1 Å². The molecule has 1 fully saturated rings. The SMILES string of the molecule is CNC(=O)C1(C)COC(c2nc(-c3ccc(F)cc3)c(-c3ccnc(NCc4ccc(F)cc4)n3)[nH]2)OC1. The number of benzene rings is 2. The molecule has 2 aromatic heterocycles. The normalized spacial score (nSPS) is 19.2. The van der Waals surface area contributed by atoms with Crippen LogP contribution in [-0.4, -0.2) is 46.1 Å². The maximum Gasteiger partial charge on any atom is 0.230 e. The monoisotopic (exact) mass is 520 g/mol. The molecule has 0 aliphatic carbocycles. The van der Waals surface area contributed by atoms with Crippen molar-refractivity contribution in [1.29, 1.82) is 0 Å². The fraction of sp³-hybridized carbons (Fsp3) is 0.259. The van der Waals surface area contributed by atoms with Crippen LogP contribution in [0.25, 0.3) is 22.6 Å². The molecule has 0 atom stereocenters. The molecule has 1 saturated heterocycles. The lowest BCUT2D eigenvalue weighted by molar-refractivity contribution is -0.230. The molecule has 0 saturated carbocycles. The van der Waals surface area contributed by atoms with Crippen molar-refractivity contribution >= 4 is 11.9 Å². The summed E-state index contributed by atoms with van der Waals surface area (Å²) < 4.78 is 38.6. The van der Waals surface area contributed by atoms with E-state index in [1.165, 1.54) is 24.3 Å². The minimum absolute atomic E-state index is 0.143. The van der Waals surface area contributed by atoms with Crippen LogP contribution in [-0.2, 0) is 20.8 Å². The summed E-state index contributed by atoms with van der Waals surface area (Å²) in [5.74, 6) is -0.102. The van der Waals surface area contributed by atoms with Crippen LogP contribution in [0.1, 0.15) is 24.6 Å². The Morgan fingerprint density at radius 2 is 1.68 bits per heavy atom. The third-order valence-corrected chi connectivity index (χ3v) is 6.22. The van der Waals surface area contributed by atoms with Gasteiger partial charge in [-0.15, -0.1) is 0 Å². The zero-order chi connectivity index (χ0) is 26.7. The number of hydrogen-bond donors (Lipinski definition) is 3. The van der Waals surface area contributed by atoms with Crippen LogP contribution in [0.4, 0.5) is 14.7 Å². The Morgan fingerprint density at radius 3 is 2.34 bits per heavy atom. The number of carbonyl (C=O) groups excluding carboxylic acids is 1. The van der Waals surface area contributed by atoms with Crippen molar-refractivity contribution in [1.82, 2.24) is 25.3 Å². The van der Waals surface area contributed by atoms with Gasteiger partial charge in [-0.3, -0.25) is 4.79 Å². The fourth-order valence-electron chi connectivity index (χ4n) is 4.07. The highest BCUT2D eigenvalue weighted by atomic mass is 19.1. The van der Waals surface area contributed by atoms with Gasteiger partial charge in [-0.2, -0.15) is 0 Å². The summed E-state index contributed by atoms with van der Waals surface area (Å²) in [5.41, 5.74) is 2.32. The Kier molecular flexibility index (Phi) is 7.12. The molecule has 11 heteroatoms. The Balaban J connectivity index is 1.43. The number of nitrogens with zero attached hydrogens (tertiary/aromatic N) is 3. The first-order chi connectivity index (χ1) is 18.3. The predicted octanol–water partition coefficient (Wildman–Crippen LogP) is 4.22. The van der Waals surface area contributed by atoms with Gasteiger partial charge in [-0.25, -0.2) is 23.7 Å². The molecular weight excluding hydrogens is 494 g/mol. The second-order valence-electron chi connectivity index (χ2n) is 9.19. The van der Waals surface area contributed by atoms with E-state index in [-0.39, 0.29) is 30.8 Å².